The topological polar surface area (TPSA) is 21.1 Å². The summed E-state index contributed by atoms with van der Waals surface area (Å²) < 4.78 is 2.40. The summed E-state index contributed by atoms with van der Waals surface area (Å²) in [5.41, 5.74) is 7.14. The summed E-state index contributed by atoms with van der Waals surface area (Å²) in [7, 11) is 0. The van der Waals surface area contributed by atoms with Gasteiger partial charge in [-0.15, -0.1) is 0 Å². The summed E-state index contributed by atoms with van der Waals surface area (Å²) >= 11 is 0. The van der Waals surface area contributed by atoms with Gasteiger partial charge in [-0.2, -0.15) is 0 Å². The zero-order valence-electron chi connectivity index (χ0n) is 16.5. The first-order chi connectivity index (χ1) is 14.9. The monoisotopic (exact) mass is 387 g/mol. The highest BCUT2D eigenvalue weighted by atomic mass is 15.3. The van der Waals surface area contributed by atoms with Crippen molar-refractivity contribution in [3.63, 3.8) is 0 Å². The minimum Gasteiger partial charge on any atom is -0.342 e. The molecule has 0 bridgehead atoms. The maximum absolute atomic E-state index is 5.05. The molecular formula is C27H21N3. The molecule has 144 valence electrons. The number of fused-ring (bicyclic) bond motifs is 5. The molecule has 1 aromatic heterocycles. The second-order valence-corrected chi connectivity index (χ2v) is 7.71. The van der Waals surface area contributed by atoms with Gasteiger partial charge in [0.25, 0.3) is 0 Å². The molecule has 0 radical (unpaired) electrons. The van der Waals surface area contributed by atoms with E-state index in [9.17, 15) is 0 Å². The zero-order valence-corrected chi connectivity index (χ0v) is 16.5. The fourth-order valence-electron chi connectivity index (χ4n) is 4.57. The molecule has 2 heterocycles. The summed E-state index contributed by atoms with van der Waals surface area (Å²) in [4.78, 5) is 7.55. The highest BCUT2D eigenvalue weighted by molar-refractivity contribution is 5.87. The predicted molar refractivity (Wildman–Crippen MR) is 122 cm³/mol. The molecule has 0 saturated heterocycles. The molecule has 0 spiro atoms. The Morgan fingerprint density at radius 3 is 2.17 bits per heavy atom. The van der Waals surface area contributed by atoms with Crippen LogP contribution < -0.4 is 4.90 Å². The number of para-hydroxylation sites is 3. The van der Waals surface area contributed by atoms with Gasteiger partial charge in [-0.05, 0) is 35.4 Å². The fourth-order valence-corrected chi connectivity index (χ4v) is 4.57. The van der Waals surface area contributed by atoms with E-state index in [2.05, 4.69) is 119 Å². The normalized spacial score (nSPS) is 15.1. The second kappa shape index (κ2) is 6.89. The SMILES string of the molecule is c1ccc(CN2c3ccccc3-c3nc4ccccc4n3C2c2ccccc2)cc1. The molecule has 5 aromatic rings. The van der Waals surface area contributed by atoms with Gasteiger partial charge in [-0.1, -0.05) is 84.9 Å². The van der Waals surface area contributed by atoms with Crippen molar-refractivity contribution in [2.24, 2.45) is 0 Å². The van der Waals surface area contributed by atoms with Crippen molar-refractivity contribution in [1.29, 1.82) is 0 Å². The first kappa shape index (κ1) is 17.0. The molecule has 0 aliphatic carbocycles. The zero-order chi connectivity index (χ0) is 19.9. The number of aromatic nitrogens is 2. The molecule has 3 heteroatoms. The fraction of sp³-hybridized carbons (Fsp3) is 0.0741. The van der Waals surface area contributed by atoms with Crippen molar-refractivity contribution >= 4 is 16.7 Å². The first-order valence-electron chi connectivity index (χ1n) is 10.3. The van der Waals surface area contributed by atoms with E-state index in [1.807, 2.05) is 0 Å². The van der Waals surface area contributed by atoms with Crippen molar-refractivity contribution in [1.82, 2.24) is 9.55 Å². The summed E-state index contributed by atoms with van der Waals surface area (Å²) in [5.74, 6) is 1.03. The summed E-state index contributed by atoms with van der Waals surface area (Å²) in [5, 5.41) is 0. The largest absolute Gasteiger partial charge is 0.342 e. The number of imidazole rings is 1. The molecule has 30 heavy (non-hydrogen) atoms. The Bertz CT molecular complexity index is 1320. The maximum atomic E-state index is 5.05. The van der Waals surface area contributed by atoms with Crippen LogP contribution in [0.15, 0.2) is 109 Å². The molecule has 0 fully saturated rings. The van der Waals surface area contributed by atoms with Crippen LogP contribution in [-0.2, 0) is 6.54 Å². The van der Waals surface area contributed by atoms with Gasteiger partial charge in [0.2, 0.25) is 0 Å². The Kier molecular flexibility index (Phi) is 3.91. The highest BCUT2D eigenvalue weighted by Crippen LogP contribution is 2.45. The number of anilines is 1. The van der Waals surface area contributed by atoms with Crippen LogP contribution in [0.25, 0.3) is 22.4 Å². The summed E-state index contributed by atoms with van der Waals surface area (Å²) in [6.45, 7) is 0.823. The van der Waals surface area contributed by atoms with Gasteiger partial charge in [0.1, 0.15) is 12.0 Å². The number of nitrogens with zero attached hydrogens (tertiary/aromatic N) is 3. The average molecular weight is 387 g/mol. The lowest BCUT2D eigenvalue weighted by molar-refractivity contribution is 0.543. The molecule has 6 rings (SSSR count). The molecule has 1 aliphatic rings. The van der Waals surface area contributed by atoms with E-state index < -0.39 is 0 Å². The second-order valence-electron chi connectivity index (χ2n) is 7.71. The molecular weight excluding hydrogens is 366 g/mol. The predicted octanol–water partition coefficient (Wildman–Crippen LogP) is 6.27. The molecule has 1 unspecified atom stereocenters. The van der Waals surface area contributed by atoms with Crippen LogP contribution in [0.1, 0.15) is 17.3 Å². The highest BCUT2D eigenvalue weighted by Gasteiger charge is 2.34. The van der Waals surface area contributed by atoms with E-state index in [1.54, 1.807) is 0 Å². The molecule has 0 saturated carbocycles. The number of hydrogen-bond acceptors (Lipinski definition) is 2. The van der Waals surface area contributed by atoms with Crippen LogP contribution in [-0.4, -0.2) is 9.55 Å². The van der Waals surface area contributed by atoms with Gasteiger partial charge < -0.3 is 4.90 Å². The van der Waals surface area contributed by atoms with Gasteiger partial charge in [0.05, 0.1) is 11.0 Å². The Hall–Kier alpha value is -3.85. The smallest absolute Gasteiger partial charge is 0.145 e. The van der Waals surface area contributed by atoms with Gasteiger partial charge in [-0.3, -0.25) is 4.57 Å². The molecule has 1 atom stereocenters. The Morgan fingerprint density at radius 1 is 0.667 bits per heavy atom. The Morgan fingerprint density at radius 2 is 1.33 bits per heavy atom. The van der Waals surface area contributed by atoms with Crippen molar-refractivity contribution < 1.29 is 0 Å². The maximum Gasteiger partial charge on any atom is 0.145 e. The number of hydrogen-bond donors (Lipinski definition) is 0. The molecule has 0 N–H and O–H groups in total. The van der Waals surface area contributed by atoms with E-state index >= 15 is 0 Å². The Labute approximate surface area is 175 Å². The minimum atomic E-state index is 0.0312. The van der Waals surface area contributed by atoms with Gasteiger partial charge in [0, 0.05) is 17.8 Å². The van der Waals surface area contributed by atoms with E-state index in [0.717, 1.165) is 23.4 Å². The third-order valence-corrected chi connectivity index (χ3v) is 5.88. The third kappa shape index (κ3) is 2.63. The number of rotatable bonds is 3. The standard InChI is InChI=1S/C27H21N3/c1-3-11-20(12-4-1)19-29-24-17-9-7-15-22(24)26-28-23-16-8-10-18-25(23)30(26)27(29)21-13-5-2-6-14-21/h1-18,27H,19H2. The summed E-state index contributed by atoms with van der Waals surface area (Å²) in [6.07, 6.45) is 0.0312. The summed E-state index contributed by atoms with van der Waals surface area (Å²) in [6, 6.07) is 38.5. The van der Waals surface area contributed by atoms with Crippen molar-refractivity contribution in [2.45, 2.75) is 12.7 Å². The van der Waals surface area contributed by atoms with Crippen LogP contribution in [0.5, 0.6) is 0 Å². The molecule has 4 aromatic carbocycles. The van der Waals surface area contributed by atoms with Crippen LogP contribution in [0.2, 0.25) is 0 Å². The number of benzene rings is 4. The third-order valence-electron chi connectivity index (χ3n) is 5.88. The van der Waals surface area contributed by atoms with Gasteiger partial charge >= 0.3 is 0 Å². The minimum absolute atomic E-state index is 0.0312. The molecule has 0 amide bonds. The van der Waals surface area contributed by atoms with Crippen LogP contribution >= 0.6 is 0 Å². The van der Waals surface area contributed by atoms with E-state index in [-0.39, 0.29) is 6.17 Å². The lowest BCUT2D eigenvalue weighted by Gasteiger charge is -2.40. The van der Waals surface area contributed by atoms with Crippen molar-refractivity contribution in [3.05, 3.63) is 120 Å². The van der Waals surface area contributed by atoms with Crippen LogP contribution in [0, 0.1) is 0 Å². The molecule has 3 nitrogen and oxygen atoms in total. The van der Waals surface area contributed by atoms with Gasteiger partial charge in [0.15, 0.2) is 0 Å². The average Bonchev–Trinajstić information content (AvgIpc) is 3.20. The quantitative estimate of drug-likeness (QED) is 0.364. The first-order valence-corrected chi connectivity index (χ1v) is 10.3. The van der Waals surface area contributed by atoms with Crippen LogP contribution in [0.3, 0.4) is 0 Å². The Balaban J connectivity index is 1.65. The lowest BCUT2D eigenvalue weighted by atomic mass is 10.0. The van der Waals surface area contributed by atoms with E-state index in [4.69, 9.17) is 4.98 Å². The van der Waals surface area contributed by atoms with E-state index in [0.29, 0.717) is 0 Å². The lowest BCUT2D eigenvalue weighted by Crippen LogP contribution is -2.36. The van der Waals surface area contributed by atoms with E-state index in [1.165, 1.54) is 22.4 Å². The van der Waals surface area contributed by atoms with Crippen molar-refractivity contribution in [2.75, 3.05) is 4.90 Å². The van der Waals surface area contributed by atoms with Gasteiger partial charge in [-0.25, -0.2) is 4.98 Å². The molecule has 1 aliphatic heterocycles. The van der Waals surface area contributed by atoms with Crippen molar-refractivity contribution in [3.8, 4) is 11.4 Å². The van der Waals surface area contributed by atoms with Crippen LogP contribution in [0.4, 0.5) is 5.69 Å².